The number of rotatable bonds is 4. The molecular weight excluding hydrogens is 210 g/mol. The second-order valence-electron chi connectivity index (χ2n) is 5.12. The number of hydrogen-bond acceptors (Lipinski definition) is 2. The molecule has 1 unspecified atom stereocenters. The highest BCUT2D eigenvalue weighted by molar-refractivity contribution is 5.23. The zero-order valence-electron chi connectivity index (χ0n) is 10.9. The second-order valence-corrected chi connectivity index (χ2v) is 5.12. The summed E-state index contributed by atoms with van der Waals surface area (Å²) in [7, 11) is 0. The largest absolute Gasteiger partial charge is 0.381 e. The van der Waals surface area contributed by atoms with E-state index in [4.69, 9.17) is 4.74 Å². The van der Waals surface area contributed by atoms with Crippen molar-refractivity contribution in [1.29, 1.82) is 0 Å². The van der Waals surface area contributed by atoms with Gasteiger partial charge in [-0.3, -0.25) is 0 Å². The van der Waals surface area contributed by atoms with Gasteiger partial charge in [0.25, 0.3) is 0 Å². The number of aryl methyl sites for hydroxylation is 1. The Hall–Kier alpha value is -0.860. The average molecular weight is 233 g/mol. The van der Waals surface area contributed by atoms with Crippen LogP contribution in [0.25, 0.3) is 0 Å². The molecule has 0 aromatic heterocycles. The van der Waals surface area contributed by atoms with Crippen LogP contribution in [0.2, 0.25) is 0 Å². The summed E-state index contributed by atoms with van der Waals surface area (Å²) in [5.74, 6) is 0.691. The highest BCUT2D eigenvalue weighted by Gasteiger charge is 2.14. The van der Waals surface area contributed by atoms with E-state index >= 15 is 0 Å². The molecule has 0 saturated carbocycles. The summed E-state index contributed by atoms with van der Waals surface area (Å²) in [5.41, 5.74) is 2.69. The topological polar surface area (TPSA) is 21.3 Å². The Bertz CT molecular complexity index is 327. The number of ether oxygens (including phenoxy) is 1. The lowest BCUT2D eigenvalue weighted by atomic mass is 10.0. The molecule has 2 rings (SSSR count). The Balaban J connectivity index is 1.80. The molecule has 0 amide bonds. The zero-order valence-corrected chi connectivity index (χ0v) is 10.9. The van der Waals surface area contributed by atoms with Gasteiger partial charge in [-0.25, -0.2) is 0 Å². The van der Waals surface area contributed by atoms with Crippen molar-refractivity contribution in [2.45, 2.75) is 32.7 Å². The van der Waals surface area contributed by atoms with E-state index in [1.807, 2.05) is 0 Å². The summed E-state index contributed by atoms with van der Waals surface area (Å²) in [6.45, 7) is 7.29. The lowest BCUT2D eigenvalue weighted by Gasteiger charge is -2.24. The molecule has 1 aromatic rings. The minimum Gasteiger partial charge on any atom is -0.381 e. The molecule has 2 nitrogen and oxygen atoms in total. The highest BCUT2D eigenvalue weighted by atomic mass is 16.5. The number of benzene rings is 1. The first kappa shape index (κ1) is 12.6. The van der Waals surface area contributed by atoms with Gasteiger partial charge in [0.15, 0.2) is 0 Å². The van der Waals surface area contributed by atoms with E-state index in [9.17, 15) is 0 Å². The van der Waals surface area contributed by atoms with Crippen molar-refractivity contribution in [3.63, 3.8) is 0 Å². The van der Waals surface area contributed by atoms with Crippen molar-refractivity contribution in [2.24, 2.45) is 5.92 Å². The summed E-state index contributed by atoms with van der Waals surface area (Å²) < 4.78 is 5.50. The predicted molar refractivity (Wildman–Crippen MR) is 71.1 cm³/mol. The molecule has 1 aliphatic heterocycles. The predicted octanol–water partition coefficient (Wildman–Crippen LogP) is 3.07. The number of nitrogens with one attached hydrogen (secondary N) is 1. The van der Waals surface area contributed by atoms with Gasteiger partial charge < -0.3 is 10.1 Å². The Morgan fingerprint density at radius 2 is 2.12 bits per heavy atom. The molecular formula is C15H23NO. The summed E-state index contributed by atoms with van der Waals surface area (Å²) in [6.07, 6.45) is 2.51. The molecule has 0 radical (unpaired) electrons. The third-order valence-electron chi connectivity index (χ3n) is 3.54. The Morgan fingerprint density at radius 1 is 1.35 bits per heavy atom. The van der Waals surface area contributed by atoms with Crippen LogP contribution >= 0.6 is 0 Å². The van der Waals surface area contributed by atoms with Gasteiger partial charge in [-0.1, -0.05) is 29.8 Å². The van der Waals surface area contributed by atoms with Crippen LogP contribution < -0.4 is 5.32 Å². The van der Waals surface area contributed by atoms with E-state index < -0.39 is 0 Å². The van der Waals surface area contributed by atoms with Crippen LogP contribution in [0.15, 0.2) is 24.3 Å². The molecule has 1 fully saturated rings. The lowest BCUT2D eigenvalue weighted by molar-refractivity contribution is 0.0540. The molecule has 1 N–H and O–H groups in total. The fourth-order valence-electron chi connectivity index (χ4n) is 2.28. The molecule has 2 heteroatoms. The van der Waals surface area contributed by atoms with Gasteiger partial charge in [-0.05, 0) is 38.2 Å². The van der Waals surface area contributed by atoms with Gasteiger partial charge in [0.2, 0.25) is 0 Å². The summed E-state index contributed by atoms with van der Waals surface area (Å²) in [5, 5.41) is 3.61. The first-order valence-corrected chi connectivity index (χ1v) is 6.63. The van der Waals surface area contributed by atoms with Crippen molar-refractivity contribution in [1.82, 2.24) is 5.32 Å². The van der Waals surface area contributed by atoms with E-state index in [2.05, 4.69) is 43.4 Å². The number of hydrogen-bond donors (Lipinski definition) is 1. The van der Waals surface area contributed by atoms with Crippen LogP contribution in [0.3, 0.4) is 0 Å². The standard InChI is InChI=1S/C15H23NO/c1-12-5-7-15(8-6-12)13(2)16-10-14-4-3-9-17-11-14/h5-8,13-14,16H,3-4,9-11H2,1-2H3/t13-,14?/m0/s1. The molecule has 0 aliphatic carbocycles. The molecule has 94 valence electrons. The lowest BCUT2D eigenvalue weighted by Crippen LogP contribution is -2.30. The Kier molecular flexibility index (Phi) is 4.57. The quantitative estimate of drug-likeness (QED) is 0.863. The smallest absolute Gasteiger partial charge is 0.0506 e. The zero-order chi connectivity index (χ0) is 12.1. The van der Waals surface area contributed by atoms with Crippen LogP contribution in [0, 0.1) is 12.8 Å². The van der Waals surface area contributed by atoms with E-state index in [-0.39, 0.29) is 0 Å². The Morgan fingerprint density at radius 3 is 2.76 bits per heavy atom. The van der Waals surface area contributed by atoms with Crippen LogP contribution in [-0.2, 0) is 4.74 Å². The molecule has 17 heavy (non-hydrogen) atoms. The molecule has 1 aliphatic rings. The molecule has 1 aromatic carbocycles. The van der Waals surface area contributed by atoms with Crippen molar-refractivity contribution < 1.29 is 4.74 Å². The second kappa shape index (κ2) is 6.18. The Labute approximate surface area is 104 Å². The van der Waals surface area contributed by atoms with Gasteiger partial charge in [0, 0.05) is 19.2 Å². The maximum Gasteiger partial charge on any atom is 0.0506 e. The van der Waals surface area contributed by atoms with Crippen molar-refractivity contribution in [2.75, 3.05) is 19.8 Å². The highest BCUT2D eigenvalue weighted by Crippen LogP contribution is 2.16. The summed E-state index contributed by atoms with van der Waals surface area (Å²) in [6, 6.07) is 9.21. The van der Waals surface area contributed by atoms with Gasteiger partial charge in [-0.2, -0.15) is 0 Å². The van der Waals surface area contributed by atoms with Crippen molar-refractivity contribution in [3.05, 3.63) is 35.4 Å². The first-order chi connectivity index (χ1) is 8.25. The third-order valence-corrected chi connectivity index (χ3v) is 3.54. The SMILES string of the molecule is Cc1ccc([C@H](C)NCC2CCCOC2)cc1. The molecule has 1 heterocycles. The molecule has 1 saturated heterocycles. The van der Waals surface area contributed by atoms with Crippen molar-refractivity contribution in [3.8, 4) is 0 Å². The van der Waals surface area contributed by atoms with E-state index in [0.717, 1.165) is 19.8 Å². The maximum absolute atomic E-state index is 5.50. The van der Waals surface area contributed by atoms with E-state index in [1.165, 1.54) is 24.0 Å². The minimum atomic E-state index is 0.428. The van der Waals surface area contributed by atoms with Gasteiger partial charge >= 0.3 is 0 Å². The summed E-state index contributed by atoms with van der Waals surface area (Å²) in [4.78, 5) is 0. The first-order valence-electron chi connectivity index (χ1n) is 6.63. The van der Waals surface area contributed by atoms with E-state index in [0.29, 0.717) is 12.0 Å². The normalized spacial score (nSPS) is 22.4. The minimum absolute atomic E-state index is 0.428. The fourth-order valence-corrected chi connectivity index (χ4v) is 2.28. The summed E-state index contributed by atoms with van der Waals surface area (Å²) >= 11 is 0. The van der Waals surface area contributed by atoms with Crippen molar-refractivity contribution >= 4 is 0 Å². The van der Waals surface area contributed by atoms with Gasteiger partial charge in [0.05, 0.1) is 6.61 Å². The third kappa shape index (κ3) is 3.83. The fraction of sp³-hybridized carbons (Fsp3) is 0.600. The van der Waals surface area contributed by atoms with Crippen LogP contribution in [0.1, 0.15) is 36.9 Å². The monoisotopic (exact) mass is 233 g/mol. The molecule has 2 atom stereocenters. The van der Waals surface area contributed by atoms with E-state index in [1.54, 1.807) is 0 Å². The maximum atomic E-state index is 5.50. The van der Waals surface area contributed by atoms with Crippen LogP contribution in [-0.4, -0.2) is 19.8 Å². The van der Waals surface area contributed by atoms with Crippen LogP contribution in [0.4, 0.5) is 0 Å². The van der Waals surface area contributed by atoms with Gasteiger partial charge in [-0.15, -0.1) is 0 Å². The molecule has 0 bridgehead atoms. The van der Waals surface area contributed by atoms with Crippen LogP contribution in [0.5, 0.6) is 0 Å². The van der Waals surface area contributed by atoms with Gasteiger partial charge in [0.1, 0.15) is 0 Å². The molecule has 0 spiro atoms. The average Bonchev–Trinajstić information content (AvgIpc) is 2.38.